The Labute approximate surface area is 293 Å². The molecular weight excluding hydrogens is 667 g/mol. The van der Waals surface area contributed by atoms with E-state index in [9.17, 15) is 27.5 Å². The number of sulfonamides is 1. The second kappa shape index (κ2) is 17.5. The van der Waals surface area contributed by atoms with Gasteiger partial charge in [0.2, 0.25) is 0 Å². The van der Waals surface area contributed by atoms with E-state index in [0.717, 1.165) is 12.8 Å². The Bertz CT molecular complexity index is 1690. The lowest BCUT2D eigenvalue weighted by Gasteiger charge is -2.35. The van der Waals surface area contributed by atoms with Crippen LogP contribution in [0.15, 0.2) is 71.6 Å². The van der Waals surface area contributed by atoms with Crippen molar-refractivity contribution in [1.82, 2.24) is 9.80 Å². The van der Waals surface area contributed by atoms with E-state index in [2.05, 4.69) is 10.0 Å². The van der Waals surface area contributed by atoms with E-state index >= 15 is 0 Å². The van der Waals surface area contributed by atoms with Crippen LogP contribution in [0.1, 0.15) is 50.4 Å². The molecule has 12 nitrogen and oxygen atoms in total. The largest absolute Gasteiger partial charge is 0.497 e. The fraction of sp³-hybridized carbons (Fsp3) is 0.444. The summed E-state index contributed by atoms with van der Waals surface area (Å²) in [7, 11) is -0.900. The number of rotatable bonds is 9. The summed E-state index contributed by atoms with van der Waals surface area (Å²) in [5.74, 6) is -0.391. The zero-order valence-corrected chi connectivity index (χ0v) is 29.9. The number of fused-ring (bicyclic) bond motifs is 1. The molecule has 0 saturated heterocycles. The summed E-state index contributed by atoms with van der Waals surface area (Å²) in [4.78, 5) is 30.4. The minimum absolute atomic E-state index is 0.0151. The highest BCUT2D eigenvalue weighted by Gasteiger charge is 2.31. The van der Waals surface area contributed by atoms with Gasteiger partial charge in [0.1, 0.15) is 17.3 Å². The number of benzene rings is 3. The van der Waals surface area contributed by atoms with Crippen LogP contribution in [0.3, 0.4) is 0 Å². The fourth-order valence-corrected chi connectivity index (χ4v) is 6.57. The highest BCUT2D eigenvalue weighted by atomic mass is 32.2. The van der Waals surface area contributed by atoms with Crippen LogP contribution in [-0.4, -0.2) is 94.0 Å². The second-order valence-electron chi connectivity index (χ2n) is 12.6. The average Bonchev–Trinajstić information content (AvgIpc) is 3.10. The van der Waals surface area contributed by atoms with Gasteiger partial charge in [0.15, 0.2) is 0 Å². The Balaban J connectivity index is 1.62. The smallest absolute Gasteiger partial charge is 0.321 e. The molecule has 1 heterocycles. The number of nitrogens with one attached hydrogen (secondary N) is 2. The predicted molar refractivity (Wildman–Crippen MR) is 189 cm³/mol. The van der Waals surface area contributed by atoms with Crippen LogP contribution >= 0.6 is 0 Å². The number of hydrogen-bond donors (Lipinski definition) is 3. The molecule has 0 saturated carbocycles. The summed E-state index contributed by atoms with van der Waals surface area (Å²) in [6.07, 6.45) is 1.42. The highest BCUT2D eigenvalue weighted by Crippen LogP contribution is 2.30. The summed E-state index contributed by atoms with van der Waals surface area (Å²) >= 11 is 0. The van der Waals surface area contributed by atoms with Crippen molar-refractivity contribution in [1.29, 1.82) is 0 Å². The Morgan fingerprint density at radius 3 is 2.42 bits per heavy atom. The Hall–Kier alpha value is -4.40. The first-order valence-electron chi connectivity index (χ1n) is 16.6. The van der Waals surface area contributed by atoms with Gasteiger partial charge >= 0.3 is 6.03 Å². The maximum atomic E-state index is 14.4. The number of carbonyl (C=O) groups is 2. The number of anilines is 2. The van der Waals surface area contributed by atoms with Gasteiger partial charge in [-0.05, 0) is 99.8 Å². The molecule has 3 aromatic carbocycles. The van der Waals surface area contributed by atoms with E-state index in [1.165, 1.54) is 59.4 Å². The number of hydrogen-bond acceptors (Lipinski definition) is 8. The van der Waals surface area contributed by atoms with Crippen LogP contribution in [0.4, 0.5) is 20.6 Å². The number of carbonyl (C=O) groups excluding carboxylic acids is 2. The van der Waals surface area contributed by atoms with Crippen LogP contribution < -0.4 is 19.5 Å². The number of nitrogens with zero attached hydrogens (tertiary/aromatic N) is 2. The topological polar surface area (TPSA) is 147 Å². The molecule has 3 N–H and O–H groups in total. The molecule has 0 unspecified atom stereocenters. The van der Waals surface area contributed by atoms with Crippen molar-refractivity contribution in [2.75, 3.05) is 50.5 Å². The van der Waals surface area contributed by atoms with E-state index in [1.54, 1.807) is 38.2 Å². The molecule has 4 rings (SSSR count). The van der Waals surface area contributed by atoms with Gasteiger partial charge in [-0.3, -0.25) is 9.52 Å². The fourth-order valence-electron chi connectivity index (χ4n) is 5.52. The summed E-state index contributed by atoms with van der Waals surface area (Å²) in [6.45, 7) is 5.95. The summed E-state index contributed by atoms with van der Waals surface area (Å²) in [5, 5.41) is 13.0. The average molecular weight is 715 g/mol. The lowest BCUT2D eigenvalue weighted by atomic mass is 10.0. The molecule has 0 fully saturated rings. The van der Waals surface area contributed by atoms with Gasteiger partial charge in [0, 0.05) is 44.0 Å². The van der Waals surface area contributed by atoms with Crippen molar-refractivity contribution in [2.24, 2.45) is 5.92 Å². The molecule has 0 spiro atoms. The number of aliphatic hydroxyl groups is 1. The first-order valence-corrected chi connectivity index (χ1v) is 18.1. The summed E-state index contributed by atoms with van der Waals surface area (Å²) < 4.78 is 60.1. The number of urea groups is 1. The minimum atomic E-state index is -4.01. The van der Waals surface area contributed by atoms with E-state index in [0.29, 0.717) is 30.2 Å². The number of methoxy groups -OCH3 is 1. The molecule has 1 aliphatic heterocycles. The molecule has 4 atom stereocenters. The molecule has 0 radical (unpaired) electrons. The quantitative estimate of drug-likeness (QED) is 0.260. The molecule has 3 aromatic rings. The van der Waals surface area contributed by atoms with E-state index < -0.39 is 39.9 Å². The maximum absolute atomic E-state index is 14.4. The summed E-state index contributed by atoms with van der Waals surface area (Å²) in [6, 6.07) is 14.9. The Kier molecular flexibility index (Phi) is 13.4. The van der Waals surface area contributed by atoms with Crippen LogP contribution in [0.2, 0.25) is 0 Å². The molecule has 3 amide bonds. The van der Waals surface area contributed by atoms with Crippen LogP contribution in [0, 0.1) is 11.7 Å². The molecule has 50 heavy (non-hydrogen) atoms. The third-order valence-corrected chi connectivity index (χ3v) is 9.97. The number of ether oxygens (including phenoxy) is 3. The molecule has 0 aromatic heterocycles. The zero-order valence-electron chi connectivity index (χ0n) is 29.1. The van der Waals surface area contributed by atoms with Gasteiger partial charge in [-0.25, -0.2) is 17.6 Å². The second-order valence-corrected chi connectivity index (χ2v) is 14.3. The molecule has 0 bridgehead atoms. The van der Waals surface area contributed by atoms with Gasteiger partial charge in [-0.15, -0.1) is 0 Å². The SMILES string of the molecule is COc1ccc(S(=O)(=O)Nc2ccc3c(c2)C(=O)N([C@H](C)CO)C[C@@H](C)[C@H](CN(C)C(=O)Nc2ccc(F)cc2)OCCCC[C@@H](C)O3)cc1. The zero-order chi connectivity index (χ0) is 36.4. The van der Waals surface area contributed by atoms with Gasteiger partial charge in [-0.1, -0.05) is 6.92 Å². The van der Waals surface area contributed by atoms with Crippen LogP contribution in [0.5, 0.6) is 11.5 Å². The van der Waals surface area contributed by atoms with Gasteiger partial charge in [0.25, 0.3) is 15.9 Å². The van der Waals surface area contributed by atoms with Gasteiger partial charge in [0.05, 0.1) is 42.4 Å². The van der Waals surface area contributed by atoms with E-state index in [4.69, 9.17) is 14.2 Å². The normalized spacial score (nSPS) is 19.7. The maximum Gasteiger partial charge on any atom is 0.321 e. The Morgan fingerprint density at radius 1 is 1.08 bits per heavy atom. The standard InChI is InChI=1S/C36H47FN4O8S/c1-24-21-41(25(2)23-42)35(43)32-20-29(39-50(45,46)31-16-14-30(47-5)15-17-31)13-18-33(32)49-26(3)8-6-7-19-48-34(24)22-40(4)36(44)38-28-11-9-27(37)10-12-28/h9-18,20,24-26,34,39,42H,6-8,19,21-23H2,1-5H3,(H,38,44)/t24-,25-,26-,34+/m1/s1. The third kappa shape index (κ3) is 10.3. The lowest BCUT2D eigenvalue weighted by Crippen LogP contribution is -2.48. The molecule has 1 aliphatic rings. The molecule has 272 valence electrons. The van der Waals surface area contributed by atoms with Crippen molar-refractivity contribution < 1.29 is 41.7 Å². The van der Waals surface area contributed by atoms with Gasteiger partial charge < -0.3 is 34.4 Å². The van der Waals surface area contributed by atoms with Crippen molar-refractivity contribution in [3.8, 4) is 11.5 Å². The van der Waals surface area contributed by atoms with Crippen molar-refractivity contribution >= 4 is 33.3 Å². The predicted octanol–water partition coefficient (Wildman–Crippen LogP) is 5.59. The first-order chi connectivity index (χ1) is 23.8. The highest BCUT2D eigenvalue weighted by molar-refractivity contribution is 7.92. The Morgan fingerprint density at radius 2 is 1.76 bits per heavy atom. The number of aliphatic hydroxyl groups excluding tert-OH is 1. The van der Waals surface area contributed by atoms with Crippen molar-refractivity contribution in [3.05, 3.63) is 78.1 Å². The number of halogens is 1. The first kappa shape index (κ1) is 38.4. The molecule has 0 aliphatic carbocycles. The van der Waals surface area contributed by atoms with Crippen molar-refractivity contribution in [3.63, 3.8) is 0 Å². The molecule has 14 heteroatoms. The third-order valence-electron chi connectivity index (χ3n) is 8.57. The van der Waals surface area contributed by atoms with E-state index in [1.807, 2.05) is 13.8 Å². The minimum Gasteiger partial charge on any atom is -0.497 e. The summed E-state index contributed by atoms with van der Waals surface area (Å²) in [5.41, 5.74) is 0.729. The van der Waals surface area contributed by atoms with E-state index in [-0.39, 0.29) is 47.9 Å². The number of likely N-dealkylation sites (N-methyl/N-ethyl adjacent to an activating group) is 1. The van der Waals surface area contributed by atoms with Crippen LogP contribution in [0.25, 0.3) is 0 Å². The monoisotopic (exact) mass is 714 g/mol. The van der Waals surface area contributed by atoms with Crippen LogP contribution in [-0.2, 0) is 14.8 Å². The molecular formula is C36H47FN4O8S. The van der Waals surface area contributed by atoms with Gasteiger partial charge in [-0.2, -0.15) is 0 Å². The number of amides is 3. The lowest BCUT2D eigenvalue weighted by molar-refractivity contribution is -0.0115. The van der Waals surface area contributed by atoms with Crippen molar-refractivity contribution in [2.45, 2.75) is 63.2 Å².